The maximum atomic E-state index is 5.90. The van der Waals surface area contributed by atoms with E-state index in [-0.39, 0.29) is 0 Å². The van der Waals surface area contributed by atoms with Crippen LogP contribution in [-0.4, -0.2) is 14.5 Å². The number of benzene rings is 3. The first-order chi connectivity index (χ1) is 14.2. The van der Waals surface area contributed by atoms with Crippen LogP contribution < -0.4 is 11.1 Å². The molecule has 0 aliphatic heterocycles. The van der Waals surface area contributed by atoms with Gasteiger partial charge in [-0.2, -0.15) is 0 Å². The van der Waals surface area contributed by atoms with Crippen molar-refractivity contribution >= 4 is 33.3 Å². The molecule has 0 unspecified atom stereocenters. The van der Waals surface area contributed by atoms with E-state index in [0.717, 1.165) is 39.1 Å². The van der Waals surface area contributed by atoms with Gasteiger partial charge in [-0.05, 0) is 52.9 Å². The second-order valence-corrected chi connectivity index (χ2v) is 7.25. The number of nitrogens with one attached hydrogen (secondary N) is 1. The Labute approximate surface area is 168 Å². The predicted molar refractivity (Wildman–Crippen MR) is 120 cm³/mol. The first kappa shape index (κ1) is 17.3. The molecule has 3 aromatic carbocycles. The van der Waals surface area contributed by atoms with Gasteiger partial charge < -0.3 is 15.6 Å². The summed E-state index contributed by atoms with van der Waals surface area (Å²) in [5, 5.41) is 4.73. The Bertz CT molecular complexity index is 1340. The zero-order valence-electron chi connectivity index (χ0n) is 16.1. The Balaban J connectivity index is 1.58. The van der Waals surface area contributed by atoms with Crippen LogP contribution in [0.3, 0.4) is 0 Å². The number of nitrogens with zero attached hydrogens (tertiary/aromatic N) is 3. The molecule has 0 saturated carbocycles. The van der Waals surface area contributed by atoms with Crippen molar-refractivity contribution < 1.29 is 0 Å². The maximum absolute atomic E-state index is 5.90. The summed E-state index contributed by atoms with van der Waals surface area (Å²) in [5.74, 6) is 0. The normalized spacial score (nSPS) is 11.2. The van der Waals surface area contributed by atoms with Crippen LogP contribution in [0, 0.1) is 0 Å². The predicted octanol–water partition coefficient (Wildman–Crippen LogP) is 4.98. The van der Waals surface area contributed by atoms with Crippen LogP contribution in [0.5, 0.6) is 0 Å². The number of nitrogen functional groups attached to an aromatic ring is 1. The van der Waals surface area contributed by atoms with Gasteiger partial charge in [0.15, 0.2) is 0 Å². The number of aryl methyl sites for hydroxylation is 1. The summed E-state index contributed by atoms with van der Waals surface area (Å²) in [6, 6.07) is 20.7. The number of fused-ring (bicyclic) bond motifs is 2. The lowest BCUT2D eigenvalue weighted by molar-refractivity contribution is 0.969. The van der Waals surface area contributed by atoms with Gasteiger partial charge in [-0.25, -0.2) is 0 Å². The SMILES string of the molecule is Cn1ccc2ccc(-c3cc(NCc4cccc(N)c4)cc4nccnc34)cc21. The second-order valence-electron chi connectivity index (χ2n) is 7.25. The van der Waals surface area contributed by atoms with Crippen molar-refractivity contribution in [1.82, 2.24) is 14.5 Å². The number of anilines is 2. The van der Waals surface area contributed by atoms with Crippen LogP contribution in [0.15, 0.2) is 79.3 Å². The highest BCUT2D eigenvalue weighted by Crippen LogP contribution is 2.32. The minimum absolute atomic E-state index is 0.688. The smallest absolute Gasteiger partial charge is 0.0966 e. The van der Waals surface area contributed by atoms with E-state index in [1.807, 2.05) is 24.3 Å². The molecule has 0 spiro atoms. The van der Waals surface area contributed by atoms with Crippen molar-refractivity contribution in [2.75, 3.05) is 11.1 Å². The molecule has 0 radical (unpaired) electrons. The summed E-state index contributed by atoms with van der Waals surface area (Å²) >= 11 is 0. The number of aromatic nitrogens is 3. The van der Waals surface area contributed by atoms with E-state index < -0.39 is 0 Å². The number of rotatable bonds is 4. The van der Waals surface area contributed by atoms with Gasteiger partial charge in [-0.3, -0.25) is 9.97 Å². The summed E-state index contributed by atoms with van der Waals surface area (Å²) in [6.07, 6.45) is 5.55. The minimum Gasteiger partial charge on any atom is -0.399 e. The van der Waals surface area contributed by atoms with E-state index in [2.05, 4.69) is 69.5 Å². The largest absolute Gasteiger partial charge is 0.399 e. The molecule has 5 nitrogen and oxygen atoms in total. The summed E-state index contributed by atoms with van der Waals surface area (Å²) in [4.78, 5) is 9.14. The van der Waals surface area contributed by atoms with E-state index in [4.69, 9.17) is 5.73 Å². The van der Waals surface area contributed by atoms with Gasteiger partial charge in [0.1, 0.15) is 0 Å². The molecule has 0 aliphatic carbocycles. The Morgan fingerprint density at radius 3 is 2.76 bits per heavy atom. The van der Waals surface area contributed by atoms with Crippen LogP contribution in [0.25, 0.3) is 33.1 Å². The summed E-state index contributed by atoms with van der Waals surface area (Å²) < 4.78 is 2.13. The first-order valence-corrected chi connectivity index (χ1v) is 9.56. The third-order valence-electron chi connectivity index (χ3n) is 5.22. The third-order valence-corrected chi connectivity index (χ3v) is 5.22. The lowest BCUT2D eigenvalue weighted by Gasteiger charge is -2.12. The van der Waals surface area contributed by atoms with Crippen molar-refractivity contribution in [3.05, 3.63) is 84.8 Å². The van der Waals surface area contributed by atoms with Crippen molar-refractivity contribution in [3.8, 4) is 11.1 Å². The fraction of sp³-hybridized carbons (Fsp3) is 0.0833. The van der Waals surface area contributed by atoms with Crippen LogP contribution in [-0.2, 0) is 13.6 Å². The molecule has 3 N–H and O–H groups in total. The molecule has 5 rings (SSSR count). The summed E-state index contributed by atoms with van der Waals surface area (Å²) in [7, 11) is 2.06. The molecule has 2 heterocycles. The molecular formula is C24H21N5. The van der Waals surface area contributed by atoms with Crippen LogP contribution in [0.4, 0.5) is 11.4 Å². The minimum atomic E-state index is 0.688. The maximum Gasteiger partial charge on any atom is 0.0966 e. The van der Waals surface area contributed by atoms with Crippen molar-refractivity contribution in [2.24, 2.45) is 7.05 Å². The Morgan fingerprint density at radius 2 is 1.86 bits per heavy atom. The Hall–Kier alpha value is -3.86. The molecule has 0 aliphatic rings. The standard InChI is InChI=1S/C24H21N5/c1-29-10-7-17-5-6-18(12-23(17)29)21-13-20(14-22-24(21)27-9-8-26-22)28-15-16-3-2-4-19(25)11-16/h2-14,28H,15,25H2,1H3. The van der Waals surface area contributed by atoms with Gasteiger partial charge in [0.2, 0.25) is 0 Å². The van der Waals surface area contributed by atoms with Gasteiger partial charge >= 0.3 is 0 Å². The molecule has 0 saturated heterocycles. The van der Waals surface area contributed by atoms with Crippen molar-refractivity contribution in [3.63, 3.8) is 0 Å². The fourth-order valence-corrected chi connectivity index (χ4v) is 3.73. The number of hydrogen-bond acceptors (Lipinski definition) is 4. The molecule has 0 fully saturated rings. The highest BCUT2D eigenvalue weighted by Gasteiger charge is 2.10. The summed E-state index contributed by atoms with van der Waals surface area (Å²) in [6.45, 7) is 0.688. The molecule has 5 aromatic rings. The Kier molecular flexibility index (Phi) is 4.13. The van der Waals surface area contributed by atoms with Gasteiger partial charge in [-0.1, -0.05) is 24.3 Å². The zero-order chi connectivity index (χ0) is 19.8. The van der Waals surface area contributed by atoms with Gasteiger partial charge in [0.05, 0.1) is 11.0 Å². The molecule has 0 amide bonds. The van der Waals surface area contributed by atoms with E-state index in [0.29, 0.717) is 6.54 Å². The zero-order valence-corrected chi connectivity index (χ0v) is 16.1. The average molecular weight is 379 g/mol. The van der Waals surface area contributed by atoms with E-state index in [9.17, 15) is 0 Å². The molecule has 142 valence electrons. The monoisotopic (exact) mass is 379 g/mol. The molecule has 2 aromatic heterocycles. The van der Waals surface area contributed by atoms with E-state index in [1.54, 1.807) is 12.4 Å². The van der Waals surface area contributed by atoms with Crippen LogP contribution in [0.1, 0.15) is 5.56 Å². The van der Waals surface area contributed by atoms with E-state index in [1.165, 1.54) is 10.9 Å². The molecule has 29 heavy (non-hydrogen) atoms. The lowest BCUT2D eigenvalue weighted by Crippen LogP contribution is -2.01. The fourth-order valence-electron chi connectivity index (χ4n) is 3.73. The molecule has 0 bridgehead atoms. The van der Waals surface area contributed by atoms with Gasteiger partial charge in [0, 0.05) is 54.6 Å². The topological polar surface area (TPSA) is 68.8 Å². The van der Waals surface area contributed by atoms with Crippen molar-refractivity contribution in [2.45, 2.75) is 6.54 Å². The average Bonchev–Trinajstić information content (AvgIpc) is 3.12. The first-order valence-electron chi connectivity index (χ1n) is 9.56. The molecular weight excluding hydrogens is 358 g/mol. The van der Waals surface area contributed by atoms with Gasteiger partial charge in [0.25, 0.3) is 0 Å². The van der Waals surface area contributed by atoms with E-state index >= 15 is 0 Å². The second kappa shape index (κ2) is 6.95. The third kappa shape index (κ3) is 3.27. The van der Waals surface area contributed by atoms with Gasteiger partial charge in [-0.15, -0.1) is 0 Å². The Morgan fingerprint density at radius 1 is 0.966 bits per heavy atom. The highest BCUT2D eigenvalue weighted by molar-refractivity contribution is 5.97. The van der Waals surface area contributed by atoms with Crippen molar-refractivity contribution in [1.29, 1.82) is 0 Å². The molecule has 5 heteroatoms. The summed E-state index contributed by atoms with van der Waals surface area (Å²) in [5.41, 5.74) is 14.0. The molecule has 0 atom stereocenters. The van der Waals surface area contributed by atoms with Crippen LogP contribution in [0.2, 0.25) is 0 Å². The lowest BCUT2D eigenvalue weighted by atomic mass is 10.0. The van der Waals surface area contributed by atoms with Crippen LogP contribution >= 0.6 is 0 Å². The highest BCUT2D eigenvalue weighted by atomic mass is 14.9. The number of nitrogens with two attached hydrogens (primary N) is 1. The number of hydrogen-bond donors (Lipinski definition) is 2. The quantitative estimate of drug-likeness (QED) is 0.432.